The van der Waals surface area contributed by atoms with Crippen LogP contribution in [0.4, 0.5) is 5.69 Å². The number of halogens is 1. The van der Waals surface area contributed by atoms with Gasteiger partial charge in [0.25, 0.3) is 0 Å². The Kier molecular flexibility index (Phi) is 4.71. The van der Waals surface area contributed by atoms with E-state index in [1.165, 1.54) is 17.8 Å². The lowest BCUT2D eigenvalue weighted by atomic mass is 10.3. The number of nitrogen functional groups attached to an aromatic ring is 1. The van der Waals surface area contributed by atoms with Crippen molar-refractivity contribution in [1.82, 2.24) is 0 Å². The molecule has 0 heterocycles. The third kappa shape index (κ3) is 4.16. The molecule has 1 aromatic carbocycles. The molecule has 86 valence electrons. The maximum absolute atomic E-state index is 10.4. The number of carbonyl (C=O) groups is 1. The molecule has 3 N–H and O–H groups in total. The minimum Gasteiger partial charge on any atom is -0.478 e. The summed E-state index contributed by atoms with van der Waals surface area (Å²) >= 11 is 7.26. The SMILES string of the molecule is CC(=CC(=O)O)CSc1ccc(Cl)cc1N. The Morgan fingerprint density at radius 3 is 2.88 bits per heavy atom. The van der Waals surface area contributed by atoms with Crippen LogP contribution in [0.5, 0.6) is 0 Å². The molecule has 5 heteroatoms. The first kappa shape index (κ1) is 12.9. The van der Waals surface area contributed by atoms with Crippen molar-refractivity contribution >= 4 is 35.0 Å². The molecule has 0 spiro atoms. The summed E-state index contributed by atoms with van der Waals surface area (Å²) in [5, 5.41) is 9.14. The number of aliphatic carboxylic acids is 1. The topological polar surface area (TPSA) is 63.3 Å². The molecule has 3 nitrogen and oxygen atoms in total. The Morgan fingerprint density at radius 1 is 1.62 bits per heavy atom. The molecule has 0 aromatic heterocycles. The van der Waals surface area contributed by atoms with Crippen LogP contribution in [0.25, 0.3) is 0 Å². The van der Waals surface area contributed by atoms with Crippen LogP contribution in [-0.2, 0) is 4.79 Å². The number of anilines is 1. The first-order valence-electron chi connectivity index (χ1n) is 4.57. The fourth-order valence-electron chi connectivity index (χ4n) is 1.09. The third-order valence-electron chi connectivity index (χ3n) is 1.80. The number of carboxylic acid groups (broad SMARTS) is 1. The molecule has 1 aromatic rings. The Balaban J connectivity index is 2.65. The highest BCUT2D eigenvalue weighted by atomic mass is 35.5. The molecule has 0 saturated carbocycles. The molecule has 0 amide bonds. The molecule has 0 saturated heterocycles. The largest absolute Gasteiger partial charge is 0.478 e. The molecule has 0 aliphatic carbocycles. The van der Waals surface area contributed by atoms with Crippen molar-refractivity contribution < 1.29 is 9.90 Å². The summed E-state index contributed by atoms with van der Waals surface area (Å²) in [7, 11) is 0. The van der Waals surface area contributed by atoms with Crippen molar-refractivity contribution in [3.05, 3.63) is 34.9 Å². The zero-order valence-corrected chi connectivity index (χ0v) is 10.3. The van der Waals surface area contributed by atoms with Gasteiger partial charge in [-0.05, 0) is 25.1 Å². The quantitative estimate of drug-likeness (QED) is 0.494. The Labute approximate surface area is 103 Å². The van der Waals surface area contributed by atoms with Gasteiger partial charge >= 0.3 is 5.97 Å². The zero-order chi connectivity index (χ0) is 12.1. The smallest absolute Gasteiger partial charge is 0.328 e. The van der Waals surface area contributed by atoms with Crippen molar-refractivity contribution in [1.29, 1.82) is 0 Å². The average Bonchev–Trinajstić information content (AvgIpc) is 2.15. The molecule has 0 atom stereocenters. The summed E-state index contributed by atoms with van der Waals surface area (Å²) in [6.07, 6.45) is 1.19. The second-order valence-corrected chi connectivity index (χ2v) is 4.75. The van der Waals surface area contributed by atoms with Crippen molar-refractivity contribution in [2.75, 3.05) is 11.5 Å². The maximum Gasteiger partial charge on any atom is 0.328 e. The van der Waals surface area contributed by atoms with Crippen LogP contribution in [-0.4, -0.2) is 16.8 Å². The van der Waals surface area contributed by atoms with E-state index in [0.29, 0.717) is 16.5 Å². The zero-order valence-electron chi connectivity index (χ0n) is 8.74. The minimum absolute atomic E-state index is 0.595. The first-order chi connectivity index (χ1) is 7.49. The molecule has 0 radical (unpaired) electrons. The molecule has 16 heavy (non-hydrogen) atoms. The predicted molar refractivity (Wildman–Crippen MR) is 68.0 cm³/mol. The number of hydrogen-bond acceptors (Lipinski definition) is 3. The average molecular weight is 258 g/mol. The van der Waals surface area contributed by atoms with Gasteiger partial charge in [-0.15, -0.1) is 11.8 Å². The van der Waals surface area contributed by atoms with Gasteiger partial charge in [0, 0.05) is 27.4 Å². The minimum atomic E-state index is -0.929. The maximum atomic E-state index is 10.4. The van der Waals surface area contributed by atoms with E-state index in [4.69, 9.17) is 22.4 Å². The first-order valence-corrected chi connectivity index (χ1v) is 5.93. The van der Waals surface area contributed by atoms with Gasteiger partial charge in [-0.1, -0.05) is 17.2 Å². The monoisotopic (exact) mass is 257 g/mol. The predicted octanol–water partition coefficient (Wildman–Crippen LogP) is 3.05. The summed E-state index contributed by atoms with van der Waals surface area (Å²) in [5.41, 5.74) is 7.16. The van der Waals surface area contributed by atoms with E-state index >= 15 is 0 Å². The molecule has 0 aliphatic rings. The van der Waals surface area contributed by atoms with Gasteiger partial charge in [-0.3, -0.25) is 0 Å². The van der Waals surface area contributed by atoms with Crippen LogP contribution in [0.1, 0.15) is 6.92 Å². The summed E-state index contributed by atoms with van der Waals surface area (Å²) in [6, 6.07) is 5.27. The normalized spacial score (nSPS) is 11.5. The highest BCUT2D eigenvalue weighted by Crippen LogP contribution is 2.28. The van der Waals surface area contributed by atoms with Gasteiger partial charge < -0.3 is 10.8 Å². The molecule has 1 rings (SSSR count). The lowest BCUT2D eigenvalue weighted by Crippen LogP contribution is -1.93. The highest BCUT2D eigenvalue weighted by Gasteiger charge is 2.02. The van der Waals surface area contributed by atoms with Gasteiger partial charge in [0.2, 0.25) is 0 Å². The van der Waals surface area contributed by atoms with Crippen LogP contribution in [0, 0.1) is 0 Å². The summed E-state index contributed by atoms with van der Waals surface area (Å²) < 4.78 is 0. The van der Waals surface area contributed by atoms with Crippen molar-refractivity contribution in [2.24, 2.45) is 0 Å². The second-order valence-electron chi connectivity index (χ2n) is 3.30. The van der Waals surface area contributed by atoms with E-state index < -0.39 is 5.97 Å². The van der Waals surface area contributed by atoms with Crippen LogP contribution < -0.4 is 5.73 Å². The number of thioether (sulfide) groups is 1. The lowest BCUT2D eigenvalue weighted by Gasteiger charge is -2.05. The van der Waals surface area contributed by atoms with E-state index in [-0.39, 0.29) is 0 Å². The van der Waals surface area contributed by atoms with Crippen LogP contribution in [0.3, 0.4) is 0 Å². The molecular weight excluding hydrogens is 246 g/mol. The number of nitrogens with two attached hydrogens (primary N) is 1. The molecule has 0 fully saturated rings. The summed E-state index contributed by atoms with van der Waals surface area (Å²) in [6.45, 7) is 1.77. The van der Waals surface area contributed by atoms with Crippen molar-refractivity contribution in [2.45, 2.75) is 11.8 Å². The van der Waals surface area contributed by atoms with Gasteiger partial charge in [-0.25, -0.2) is 4.79 Å². The fraction of sp³-hybridized carbons (Fsp3) is 0.182. The fourth-order valence-corrected chi connectivity index (χ4v) is 2.13. The van der Waals surface area contributed by atoms with Gasteiger partial charge in [-0.2, -0.15) is 0 Å². The molecule has 0 bridgehead atoms. The van der Waals surface area contributed by atoms with E-state index in [1.54, 1.807) is 19.1 Å². The van der Waals surface area contributed by atoms with Gasteiger partial charge in [0.1, 0.15) is 0 Å². The van der Waals surface area contributed by atoms with E-state index in [1.807, 2.05) is 6.07 Å². The van der Waals surface area contributed by atoms with Crippen LogP contribution in [0.2, 0.25) is 5.02 Å². The van der Waals surface area contributed by atoms with Crippen molar-refractivity contribution in [3.63, 3.8) is 0 Å². The standard InChI is InChI=1S/C11H12ClNO2S/c1-7(4-11(14)15)6-16-10-3-2-8(12)5-9(10)13/h2-5H,6,13H2,1H3,(H,14,15). The van der Waals surface area contributed by atoms with Crippen molar-refractivity contribution in [3.8, 4) is 0 Å². The molecule has 0 unspecified atom stereocenters. The van der Waals surface area contributed by atoms with Gasteiger partial charge in [0.15, 0.2) is 0 Å². The van der Waals surface area contributed by atoms with E-state index in [2.05, 4.69) is 0 Å². The molecular formula is C11H12ClNO2S. The van der Waals surface area contributed by atoms with Crippen LogP contribution in [0.15, 0.2) is 34.7 Å². The second kappa shape index (κ2) is 5.82. The Morgan fingerprint density at radius 2 is 2.31 bits per heavy atom. The summed E-state index contributed by atoms with van der Waals surface area (Å²) in [4.78, 5) is 11.3. The molecule has 0 aliphatic heterocycles. The lowest BCUT2D eigenvalue weighted by molar-refractivity contribution is -0.131. The highest BCUT2D eigenvalue weighted by molar-refractivity contribution is 7.99. The Hall–Kier alpha value is -1.13. The van der Waals surface area contributed by atoms with Crippen LogP contribution >= 0.6 is 23.4 Å². The van der Waals surface area contributed by atoms with E-state index in [0.717, 1.165) is 10.5 Å². The number of carboxylic acids is 1. The third-order valence-corrected chi connectivity index (χ3v) is 3.31. The number of benzene rings is 1. The summed E-state index contributed by atoms with van der Waals surface area (Å²) in [5.74, 6) is -0.333. The van der Waals surface area contributed by atoms with Gasteiger partial charge in [0.05, 0.1) is 0 Å². The Bertz CT molecular complexity index is 432. The number of rotatable bonds is 4. The number of hydrogen-bond donors (Lipinski definition) is 2. The van der Waals surface area contributed by atoms with E-state index in [9.17, 15) is 4.79 Å².